The van der Waals surface area contributed by atoms with E-state index in [2.05, 4.69) is 42.0 Å². The molecule has 1 aromatic carbocycles. The van der Waals surface area contributed by atoms with Crippen LogP contribution in [0.4, 0.5) is 0 Å². The van der Waals surface area contributed by atoms with Crippen LogP contribution in [-0.2, 0) is 0 Å². The molecule has 0 aliphatic rings. The molecule has 0 bridgehead atoms. The summed E-state index contributed by atoms with van der Waals surface area (Å²) < 4.78 is 6.89. The number of hydrogen-bond acceptors (Lipinski definition) is 2. The molecule has 1 N–H and O–H groups in total. The van der Waals surface area contributed by atoms with Crippen molar-refractivity contribution in [1.82, 2.24) is 5.32 Å². The summed E-state index contributed by atoms with van der Waals surface area (Å²) in [7, 11) is 0. The molecule has 0 radical (unpaired) electrons. The molecular formula is C14H22BrNO. The molecule has 0 fully saturated rings. The lowest BCUT2D eigenvalue weighted by molar-refractivity contribution is 0.210. The van der Waals surface area contributed by atoms with Crippen molar-refractivity contribution in [1.29, 1.82) is 0 Å². The Labute approximate surface area is 113 Å². The van der Waals surface area contributed by atoms with E-state index in [9.17, 15) is 0 Å². The van der Waals surface area contributed by atoms with Crippen molar-refractivity contribution in [2.45, 2.75) is 45.8 Å². The average Bonchev–Trinajstić information content (AvgIpc) is 2.30. The molecule has 1 rings (SSSR count). The third kappa shape index (κ3) is 5.55. The van der Waals surface area contributed by atoms with Crippen LogP contribution in [0.25, 0.3) is 0 Å². The molecule has 1 aromatic rings. The Morgan fingerprint density at radius 3 is 2.59 bits per heavy atom. The predicted octanol–water partition coefficient (Wildman–Crippen LogP) is 3.99. The molecule has 0 saturated heterocycles. The highest BCUT2D eigenvalue weighted by Gasteiger charge is 2.07. The normalized spacial score (nSPS) is 12.8. The van der Waals surface area contributed by atoms with E-state index in [1.807, 2.05) is 24.3 Å². The van der Waals surface area contributed by atoms with Gasteiger partial charge >= 0.3 is 0 Å². The number of nitrogens with one attached hydrogen (secondary N) is 1. The van der Waals surface area contributed by atoms with Crippen molar-refractivity contribution in [3.05, 3.63) is 28.7 Å². The van der Waals surface area contributed by atoms with Crippen molar-refractivity contribution < 1.29 is 4.74 Å². The van der Waals surface area contributed by atoms with Gasteiger partial charge in [-0.2, -0.15) is 0 Å². The quantitative estimate of drug-likeness (QED) is 0.822. The van der Waals surface area contributed by atoms with Crippen LogP contribution >= 0.6 is 15.9 Å². The van der Waals surface area contributed by atoms with E-state index in [1.54, 1.807) is 0 Å². The van der Waals surface area contributed by atoms with Crippen LogP contribution in [0.3, 0.4) is 0 Å². The van der Waals surface area contributed by atoms with Crippen molar-refractivity contribution in [2.24, 2.45) is 0 Å². The van der Waals surface area contributed by atoms with E-state index in [-0.39, 0.29) is 6.10 Å². The van der Waals surface area contributed by atoms with Crippen LogP contribution in [0.15, 0.2) is 28.7 Å². The second-order valence-corrected chi connectivity index (χ2v) is 5.22. The summed E-state index contributed by atoms with van der Waals surface area (Å²) in [6.07, 6.45) is 2.52. The highest BCUT2D eigenvalue weighted by molar-refractivity contribution is 9.10. The number of benzene rings is 1. The van der Waals surface area contributed by atoms with Crippen molar-refractivity contribution in [3.8, 4) is 5.75 Å². The lowest BCUT2D eigenvalue weighted by Gasteiger charge is -2.20. The summed E-state index contributed by atoms with van der Waals surface area (Å²) >= 11 is 3.44. The molecule has 96 valence electrons. The van der Waals surface area contributed by atoms with Crippen LogP contribution < -0.4 is 10.1 Å². The number of ether oxygens (including phenoxy) is 1. The Hall–Kier alpha value is -0.540. The molecule has 0 aromatic heterocycles. The maximum Gasteiger partial charge on any atom is 0.120 e. The molecular weight excluding hydrogens is 278 g/mol. The first-order chi connectivity index (χ1) is 8.15. The maximum absolute atomic E-state index is 5.84. The summed E-state index contributed by atoms with van der Waals surface area (Å²) in [5.74, 6) is 0.915. The Morgan fingerprint density at radius 1 is 1.29 bits per heavy atom. The molecule has 0 aliphatic heterocycles. The van der Waals surface area contributed by atoms with Gasteiger partial charge in [0.1, 0.15) is 11.9 Å². The Kier molecular flexibility index (Phi) is 6.60. The van der Waals surface area contributed by atoms with Gasteiger partial charge in [-0.25, -0.2) is 0 Å². The zero-order chi connectivity index (χ0) is 12.7. The molecule has 0 saturated carbocycles. The Morgan fingerprint density at radius 2 is 2.00 bits per heavy atom. The summed E-state index contributed by atoms with van der Waals surface area (Å²) in [6.45, 7) is 7.40. The van der Waals surface area contributed by atoms with E-state index in [0.29, 0.717) is 6.04 Å². The van der Waals surface area contributed by atoms with Crippen LogP contribution in [-0.4, -0.2) is 18.7 Å². The van der Waals surface area contributed by atoms with Gasteiger partial charge in [0.15, 0.2) is 0 Å². The van der Waals surface area contributed by atoms with Gasteiger partial charge in [-0.3, -0.25) is 0 Å². The van der Waals surface area contributed by atoms with E-state index in [4.69, 9.17) is 4.74 Å². The standard InChI is InChI=1S/C14H22BrNO/c1-4-13(5-2)16-10-11(3)17-14-8-6-7-12(15)9-14/h6-9,11,13,16H,4-5,10H2,1-3H3. The van der Waals surface area contributed by atoms with E-state index >= 15 is 0 Å². The third-order valence-electron chi connectivity index (χ3n) is 2.81. The smallest absolute Gasteiger partial charge is 0.120 e. The minimum Gasteiger partial charge on any atom is -0.489 e. The molecule has 17 heavy (non-hydrogen) atoms. The Balaban J connectivity index is 2.36. The fraction of sp³-hybridized carbons (Fsp3) is 0.571. The zero-order valence-electron chi connectivity index (χ0n) is 10.9. The topological polar surface area (TPSA) is 21.3 Å². The molecule has 1 atom stereocenters. The lowest BCUT2D eigenvalue weighted by atomic mass is 10.1. The molecule has 2 nitrogen and oxygen atoms in total. The van der Waals surface area contributed by atoms with Crippen LogP contribution in [0, 0.1) is 0 Å². The van der Waals surface area contributed by atoms with Gasteiger partial charge in [-0.05, 0) is 38.0 Å². The first-order valence-electron chi connectivity index (χ1n) is 6.31. The van der Waals surface area contributed by atoms with Crippen molar-refractivity contribution >= 4 is 15.9 Å². The molecule has 1 unspecified atom stereocenters. The molecule has 0 spiro atoms. The van der Waals surface area contributed by atoms with Crippen molar-refractivity contribution in [3.63, 3.8) is 0 Å². The number of hydrogen-bond donors (Lipinski definition) is 1. The zero-order valence-corrected chi connectivity index (χ0v) is 12.5. The van der Waals surface area contributed by atoms with Gasteiger partial charge in [0.2, 0.25) is 0 Å². The van der Waals surface area contributed by atoms with Gasteiger partial charge in [0, 0.05) is 17.1 Å². The van der Waals surface area contributed by atoms with Crippen LogP contribution in [0.2, 0.25) is 0 Å². The minimum absolute atomic E-state index is 0.185. The van der Waals surface area contributed by atoms with Gasteiger partial charge in [-0.15, -0.1) is 0 Å². The summed E-state index contributed by atoms with van der Waals surface area (Å²) in [5, 5.41) is 3.52. The van der Waals surface area contributed by atoms with Crippen LogP contribution in [0.1, 0.15) is 33.6 Å². The van der Waals surface area contributed by atoms with Crippen molar-refractivity contribution in [2.75, 3.05) is 6.54 Å². The second kappa shape index (κ2) is 7.72. The molecule has 0 amide bonds. The highest BCUT2D eigenvalue weighted by atomic mass is 79.9. The summed E-state index contributed by atoms with van der Waals surface area (Å²) in [5.41, 5.74) is 0. The van der Waals surface area contributed by atoms with E-state index < -0.39 is 0 Å². The first-order valence-corrected chi connectivity index (χ1v) is 7.10. The minimum atomic E-state index is 0.185. The first kappa shape index (κ1) is 14.5. The second-order valence-electron chi connectivity index (χ2n) is 4.31. The fourth-order valence-electron chi connectivity index (χ4n) is 1.72. The molecule has 0 aliphatic carbocycles. The molecule has 0 heterocycles. The number of halogens is 1. The lowest BCUT2D eigenvalue weighted by Crippen LogP contribution is -2.36. The van der Waals surface area contributed by atoms with E-state index in [1.165, 1.54) is 12.8 Å². The third-order valence-corrected chi connectivity index (χ3v) is 3.31. The summed E-state index contributed by atoms with van der Waals surface area (Å²) in [6, 6.07) is 8.57. The molecule has 3 heteroatoms. The Bertz CT molecular complexity index is 326. The predicted molar refractivity (Wildman–Crippen MR) is 76.6 cm³/mol. The average molecular weight is 300 g/mol. The monoisotopic (exact) mass is 299 g/mol. The van der Waals surface area contributed by atoms with Gasteiger partial charge in [-0.1, -0.05) is 35.8 Å². The van der Waals surface area contributed by atoms with E-state index in [0.717, 1.165) is 16.8 Å². The van der Waals surface area contributed by atoms with Gasteiger partial charge in [0.05, 0.1) is 0 Å². The SMILES string of the molecule is CCC(CC)NCC(C)Oc1cccc(Br)c1. The highest BCUT2D eigenvalue weighted by Crippen LogP contribution is 2.18. The largest absolute Gasteiger partial charge is 0.489 e. The van der Waals surface area contributed by atoms with Crippen LogP contribution in [0.5, 0.6) is 5.75 Å². The fourth-order valence-corrected chi connectivity index (χ4v) is 2.10. The summed E-state index contributed by atoms with van der Waals surface area (Å²) in [4.78, 5) is 0. The van der Waals surface area contributed by atoms with Gasteiger partial charge < -0.3 is 10.1 Å². The van der Waals surface area contributed by atoms with Gasteiger partial charge in [0.25, 0.3) is 0 Å². The maximum atomic E-state index is 5.84. The number of rotatable bonds is 7.